The Kier molecular flexibility index (Phi) is 4.81. The van der Waals surface area contributed by atoms with Gasteiger partial charge in [-0.1, -0.05) is 64.8 Å². The lowest BCUT2D eigenvalue weighted by atomic mass is 10.0. The molecular weight excluding hydrogens is 310 g/mol. The summed E-state index contributed by atoms with van der Waals surface area (Å²) in [6.07, 6.45) is 0. The minimum absolute atomic E-state index is 0.789. The van der Waals surface area contributed by atoms with E-state index in [1.807, 2.05) is 24.3 Å². The number of benzene rings is 2. The van der Waals surface area contributed by atoms with Gasteiger partial charge < -0.3 is 5.32 Å². The zero-order chi connectivity index (χ0) is 13.0. The molecule has 1 nitrogen and oxygen atoms in total. The number of hydrogen-bond acceptors (Lipinski definition) is 1. The Morgan fingerprint density at radius 2 is 1.89 bits per heavy atom. The molecular formula is C15H15BrClN. The lowest BCUT2D eigenvalue weighted by Gasteiger charge is -2.09. The molecule has 0 atom stereocenters. The van der Waals surface area contributed by atoms with Crippen LogP contribution in [-0.4, -0.2) is 6.54 Å². The Balaban J connectivity index is 2.33. The molecule has 2 rings (SSSR count). The summed E-state index contributed by atoms with van der Waals surface area (Å²) in [6, 6.07) is 14.3. The van der Waals surface area contributed by atoms with Gasteiger partial charge in [-0.2, -0.15) is 0 Å². The molecule has 3 heteroatoms. The third-order valence-electron chi connectivity index (χ3n) is 2.78. The van der Waals surface area contributed by atoms with Crippen molar-refractivity contribution in [3.63, 3.8) is 0 Å². The lowest BCUT2D eigenvalue weighted by molar-refractivity contribution is 0.727. The van der Waals surface area contributed by atoms with E-state index in [1.165, 1.54) is 5.56 Å². The van der Waals surface area contributed by atoms with Crippen molar-refractivity contribution in [3.05, 3.63) is 57.5 Å². The molecule has 0 aliphatic rings. The van der Waals surface area contributed by atoms with Gasteiger partial charge in [0.05, 0.1) is 0 Å². The maximum absolute atomic E-state index is 6.37. The van der Waals surface area contributed by atoms with Crippen LogP contribution < -0.4 is 5.32 Å². The van der Waals surface area contributed by atoms with Gasteiger partial charge >= 0.3 is 0 Å². The SMILES string of the molecule is CCNCc1ccc(-c2ccccc2Br)c(Cl)c1. The molecule has 0 heterocycles. The highest BCUT2D eigenvalue weighted by atomic mass is 79.9. The molecule has 2 aromatic rings. The fourth-order valence-corrected chi connectivity index (χ4v) is 2.64. The van der Waals surface area contributed by atoms with E-state index in [0.29, 0.717) is 0 Å². The summed E-state index contributed by atoms with van der Waals surface area (Å²) in [5.74, 6) is 0. The summed E-state index contributed by atoms with van der Waals surface area (Å²) in [6.45, 7) is 3.91. The van der Waals surface area contributed by atoms with Crippen LogP contribution >= 0.6 is 27.5 Å². The molecule has 0 fully saturated rings. The smallest absolute Gasteiger partial charge is 0.0488 e. The Morgan fingerprint density at radius 1 is 1.11 bits per heavy atom. The molecule has 0 radical (unpaired) electrons. The average molecular weight is 325 g/mol. The first-order chi connectivity index (χ1) is 8.72. The van der Waals surface area contributed by atoms with E-state index in [4.69, 9.17) is 11.6 Å². The van der Waals surface area contributed by atoms with Crippen LogP contribution in [0.4, 0.5) is 0 Å². The van der Waals surface area contributed by atoms with Gasteiger partial charge in [0.25, 0.3) is 0 Å². The van der Waals surface area contributed by atoms with E-state index in [0.717, 1.165) is 33.7 Å². The van der Waals surface area contributed by atoms with Crippen LogP contribution in [0.25, 0.3) is 11.1 Å². The van der Waals surface area contributed by atoms with Gasteiger partial charge in [0.2, 0.25) is 0 Å². The molecule has 0 saturated carbocycles. The number of halogens is 2. The molecule has 2 aromatic carbocycles. The van der Waals surface area contributed by atoms with Crippen molar-refractivity contribution in [2.24, 2.45) is 0 Å². The van der Waals surface area contributed by atoms with Crippen molar-refractivity contribution < 1.29 is 0 Å². The fraction of sp³-hybridized carbons (Fsp3) is 0.200. The predicted octanol–water partition coefficient (Wildman–Crippen LogP) is 4.88. The second kappa shape index (κ2) is 6.37. The molecule has 0 bridgehead atoms. The molecule has 0 aliphatic heterocycles. The van der Waals surface area contributed by atoms with Crippen LogP contribution in [0.1, 0.15) is 12.5 Å². The van der Waals surface area contributed by atoms with Crippen molar-refractivity contribution in [2.75, 3.05) is 6.54 Å². The molecule has 0 aliphatic carbocycles. The van der Waals surface area contributed by atoms with Crippen molar-refractivity contribution in [3.8, 4) is 11.1 Å². The molecule has 0 unspecified atom stereocenters. The topological polar surface area (TPSA) is 12.0 Å². The summed E-state index contributed by atoms with van der Waals surface area (Å²) in [7, 11) is 0. The van der Waals surface area contributed by atoms with Crippen LogP contribution in [0.15, 0.2) is 46.9 Å². The zero-order valence-electron chi connectivity index (χ0n) is 10.2. The van der Waals surface area contributed by atoms with Crippen LogP contribution in [-0.2, 0) is 6.54 Å². The standard InChI is InChI=1S/C15H15BrClN/c1-2-18-10-11-7-8-13(15(17)9-11)12-5-3-4-6-14(12)16/h3-9,18H,2,10H2,1H3. The van der Waals surface area contributed by atoms with Crippen molar-refractivity contribution in [1.82, 2.24) is 5.32 Å². The van der Waals surface area contributed by atoms with E-state index in [-0.39, 0.29) is 0 Å². The van der Waals surface area contributed by atoms with E-state index in [2.05, 4.69) is 46.4 Å². The van der Waals surface area contributed by atoms with Gasteiger partial charge in [-0.15, -0.1) is 0 Å². The molecule has 0 amide bonds. The minimum Gasteiger partial charge on any atom is -0.313 e. The van der Waals surface area contributed by atoms with E-state index in [1.54, 1.807) is 0 Å². The van der Waals surface area contributed by atoms with Crippen LogP contribution in [0, 0.1) is 0 Å². The Hall–Kier alpha value is -0.830. The lowest BCUT2D eigenvalue weighted by Crippen LogP contribution is -2.11. The van der Waals surface area contributed by atoms with E-state index in [9.17, 15) is 0 Å². The monoisotopic (exact) mass is 323 g/mol. The second-order valence-electron chi connectivity index (χ2n) is 4.07. The van der Waals surface area contributed by atoms with Crippen LogP contribution in [0.3, 0.4) is 0 Å². The second-order valence-corrected chi connectivity index (χ2v) is 5.34. The van der Waals surface area contributed by atoms with E-state index < -0.39 is 0 Å². The van der Waals surface area contributed by atoms with Gasteiger partial charge in [-0.3, -0.25) is 0 Å². The molecule has 18 heavy (non-hydrogen) atoms. The Labute approximate surface area is 121 Å². The van der Waals surface area contributed by atoms with Crippen LogP contribution in [0.5, 0.6) is 0 Å². The first-order valence-electron chi connectivity index (χ1n) is 5.96. The maximum atomic E-state index is 6.37. The number of hydrogen-bond donors (Lipinski definition) is 1. The normalized spacial score (nSPS) is 10.6. The Bertz CT molecular complexity index is 540. The van der Waals surface area contributed by atoms with Crippen LogP contribution in [0.2, 0.25) is 5.02 Å². The number of nitrogens with one attached hydrogen (secondary N) is 1. The summed E-state index contributed by atoms with van der Waals surface area (Å²) in [4.78, 5) is 0. The van der Waals surface area contributed by atoms with E-state index >= 15 is 0 Å². The van der Waals surface area contributed by atoms with Gasteiger partial charge in [0.1, 0.15) is 0 Å². The predicted molar refractivity (Wildman–Crippen MR) is 82.0 cm³/mol. The van der Waals surface area contributed by atoms with Gasteiger partial charge in [0.15, 0.2) is 0 Å². The summed E-state index contributed by atoms with van der Waals surface area (Å²) >= 11 is 9.92. The summed E-state index contributed by atoms with van der Waals surface area (Å²) < 4.78 is 1.06. The van der Waals surface area contributed by atoms with Crippen molar-refractivity contribution in [2.45, 2.75) is 13.5 Å². The molecule has 0 aromatic heterocycles. The fourth-order valence-electron chi connectivity index (χ4n) is 1.84. The van der Waals surface area contributed by atoms with Crippen molar-refractivity contribution in [1.29, 1.82) is 0 Å². The average Bonchev–Trinajstić information content (AvgIpc) is 2.38. The largest absolute Gasteiger partial charge is 0.313 e. The molecule has 0 spiro atoms. The first-order valence-corrected chi connectivity index (χ1v) is 7.13. The van der Waals surface area contributed by atoms with Crippen molar-refractivity contribution >= 4 is 27.5 Å². The first kappa shape index (κ1) is 13.6. The quantitative estimate of drug-likeness (QED) is 0.845. The minimum atomic E-state index is 0.789. The Morgan fingerprint density at radius 3 is 2.56 bits per heavy atom. The molecule has 1 N–H and O–H groups in total. The highest BCUT2D eigenvalue weighted by Gasteiger charge is 2.07. The highest BCUT2D eigenvalue weighted by molar-refractivity contribution is 9.10. The zero-order valence-corrected chi connectivity index (χ0v) is 12.6. The van der Waals surface area contributed by atoms with Gasteiger partial charge in [0, 0.05) is 21.6 Å². The number of rotatable bonds is 4. The third-order valence-corrected chi connectivity index (χ3v) is 3.78. The third kappa shape index (κ3) is 3.14. The summed E-state index contributed by atoms with van der Waals surface area (Å²) in [5, 5.41) is 4.08. The molecule has 0 saturated heterocycles. The van der Waals surface area contributed by atoms with Gasteiger partial charge in [-0.25, -0.2) is 0 Å². The highest BCUT2D eigenvalue weighted by Crippen LogP contribution is 2.33. The summed E-state index contributed by atoms with van der Waals surface area (Å²) in [5.41, 5.74) is 3.39. The maximum Gasteiger partial charge on any atom is 0.0488 e. The molecule has 94 valence electrons. The van der Waals surface area contributed by atoms with Gasteiger partial charge in [-0.05, 0) is 29.8 Å².